The molecule has 32 heavy (non-hydrogen) atoms. The van der Waals surface area contributed by atoms with E-state index in [4.69, 9.17) is 11.6 Å². The van der Waals surface area contributed by atoms with E-state index in [1.165, 1.54) is 13.1 Å². The monoisotopic (exact) mass is 471 g/mol. The highest BCUT2D eigenvalue weighted by Gasteiger charge is 2.36. The van der Waals surface area contributed by atoms with E-state index in [1.54, 1.807) is 22.4 Å². The highest BCUT2D eigenvalue weighted by Crippen LogP contribution is 2.24. The van der Waals surface area contributed by atoms with Gasteiger partial charge in [0.15, 0.2) is 5.16 Å². The highest BCUT2D eigenvalue weighted by atomic mass is 35.5. The quantitative estimate of drug-likeness (QED) is 0.411. The van der Waals surface area contributed by atoms with Crippen molar-refractivity contribution in [3.8, 4) is 0 Å². The van der Waals surface area contributed by atoms with Crippen molar-refractivity contribution in [1.29, 1.82) is 0 Å². The van der Waals surface area contributed by atoms with Crippen LogP contribution in [0.15, 0.2) is 66.0 Å². The van der Waals surface area contributed by atoms with E-state index in [-0.39, 0.29) is 6.42 Å². The SMILES string of the molecule is CCCSc1ncc(C(=O)N[C@](C)(Cc2ccccc2)C(=O)O)n1Cc1ccccc1Cl. The van der Waals surface area contributed by atoms with E-state index in [1.807, 2.05) is 48.5 Å². The van der Waals surface area contributed by atoms with Gasteiger partial charge in [0.2, 0.25) is 0 Å². The third-order valence-corrected chi connectivity index (χ3v) is 6.60. The van der Waals surface area contributed by atoms with Crippen molar-refractivity contribution in [2.24, 2.45) is 0 Å². The summed E-state index contributed by atoms with van der Waals surface area (Å²) in [6.07, 6.45) is 2.61. The molecule has 0 unspecified atom stereocenters. The first-order chi connectivity index (χ1) is 15.3. The Kier molecular flexibility index (Phi) is 7.99. The van der Waals surface area contributed by atoms with Gasteiger partial charge in [-0.2, -0.15) is 0 Å². The number of benzene rings is 2. The number of hydrogen-bond acceptors (Lipinski definition) is 4. The maximum Gasteiger partial charge on any atom is 0.329 e. The molecule has 0 aliphatic carbocycles. The number of carbonyl (C=O) groups is 2. The number of rotatable bonds is 10. The van der Waals surface area contributed by atoms with Gasteiger partial charge in [0, 0.05) is 17.2 Å². The number of carboxylic acids is 1. The van der Waals surface area contributed by atoms with Crippen LogP contribution in [0.2, 0.25) is 5.02 Å². The van der Waals surface area contributed by atoms with Gasteiger partial charge >= 0.3 is 5.97 Å². The number of nitrogens with one attached hydrogen (secondary N) is 1. The molecule has 168 valence electrons. The van der Waals surface area contributed by atoms with Gasteiger partial charge in [-0.25, -0.2) is 9.78 Å². The van der Waals surface area contributed by atoms with Gasteiger partial charge in [-0.1, -0.05) is 78.8 Å². The number of carboxylic acid groups (broad SMARTS) is 1. The summed E-state index contributed by atoms with van der Waals surface area (Å²) < 4.78 is 1.79. The van der Waals surface area contributed by atoms with Crippen molar-refractivity contribution in [3.05, 3.63) is 82.6 Å². The van der Waals surface area contributed by atoms with Crippen LogP contribution in [0.4, 0.5) is 0 Å². The maximum atomic E-state index is 13.3. The fourth-order valence-electron chi connectivity index (χ4n) is 3.29. The lowest BCUT2D eigenvalue weighted by Gasteiger charge is -2.26. The van der Waals surface area contributed by atoms with Crippen LogP contribution < -0.4 is 5.32 Å². The standard InChI is InChI=1S/C24H26ClN3O3S/c1-3-13-32-23-26-15-20(28(23)16-18-11-7-8-12-19(18)25)21(29)27-24(2,22(30)31)14-17-9-5-4-6-10-17/h4-12,15H,3,13-14,16H2,1-2H3,(H,27,29)(H,30,31)/t24-/m1/s1. The Morgan fingerprint density at radius 1 is 1.16 bits per heavy atom. The lowest BCUT2D eigenvalue weighted by molar-refractivity contribution is -0.143. The number of aliphatic carboxylic acids is 1. The zero-order valence-corrected chi connectivity index (χ0v) is 19.6. The molecule has 1 amide bonds. The molecule has 3 rings (SSSR count). The largest absolute Gasteiger partial charge is 0.480 e. The number of amides is 1. The Balaban J connectivity index is 1.91. The molecule has 0 fully saturated rings. The van der Waals surface area contributed by atoms with Crippen LogP contribution in [0.5, 0.6) is 0 Å². The van der Waals surface area contributed by atoms with E-state index in [0.29, 0.717) is 22.4 Å². The summed E-state index contributed by atoms with van der Waals surface area (Å²) >= 11 is 7.90. The summed E-state index contributed by atoms with van der Waals surface area (Å²) in [5, 5.41) is 13.9. The molecule has 0 bridgehead atoms. The third kappa shape index (κ3) is 5.72. The lowest BCUT2D eigenvalue weighted by atomic mass is 9.92. The molecule has 2 aromatic carbocycles. The van der Waals surface area contributed by atoms with Crippen LogP contribution in [-0.4, -0.2) is 37.8 Å². The number of thioether (sulfide) groups is 1. The molecule has 0 saturated heterocycles. The molecule has 0 aliphatic rings. The molecule has 8 heteroatoms. The van der Waals surface area contributed by atoms with E-state index in [0.717, 1.165) is 23.3 Å². The van der Waals surface area contributed by atoms with Crippen molar-refractivity contribution in [2.45, 2.75) is 43.9 Å². The van der Waals surface area contributed by atoms with Gasteiger partial charge in [0.25, 0.3) is 5.91 Å². The molecule has 0 radical (unpaired) electrons. The van der Waals surface area contributed by atoms with Crippen LogP contribution >= 0.6 is 23.4 Å². The topological polar surface area (TPSA) is 84.2 Å². The zero-order valence-electron chi connectivity index (χ0n) is 18.0. The Bertz CT molecular complexity index is 1090. The molecule has 1 heterocycles. The molecular formula is C24H26ClN3O3S. The average Bonchev–Trinajstić information content (AvgIpc) is 3.17. The van der Waals surface area contributed by atoms with Crippen LogP contribution in [0.3, 0.4) is 0 Å². The summed E-state index contributed by atoms with van der Waals surface area (Å²) in [6.45, 7) is 3.95. The molecular weight excluding hydrogens is 446 g/mol. The number of halogens is 1. The normalized spacial score (nSPS) is 12.8. The number of nitrogens with zero attached hydrogens (tertiary/aromatic N) is 2. The maximum absolute atomic E-state index is 13.3. The summed E-state index contributed by atoms with van der Waals surface area (Å²) in [7, 11) is 0. The second-order valence-electron chi connectivity index (χ2n) is 7.71. The number of imidazole rings is 1. The molecule has 6 nitrogen and oxygen atoms in total. The van der Waals surface area contributed by atoms with E-state index in [2.05, 4.69) is 17.2 Å². The summed E-state index contributed by atoms with van der Waals surface area (Å²) in [5.74, 6) is -0.747. The van der Waals surface area contributed by atoms with E-state index >= 15 is 0 Å². The number of carbonyl (C=O) groups excluding carboxylic acids is 1. The second-order valence-corrected chi connectivity index (χ2v) is 9.18. The molecule has 0 spiro atoms. The van der Waals surface area contributed by atoms with E-state index in [9.17, 15) is 14.7 Å². The molecule has 0 aliphatic heterocycles. The fourth-order valence-corrected chi connectivity index (χ4v) is 4.32. The highest BCUT2D eigenvalue weighted by molar-refractivity contribution is 7.99. The Labute approximate surface area is 197 Å². The Hall–Kier alpha value is -2.77. The third-order valence-electron chi connectivity index (χ3n) is 5.04. The smallest absolute Gasteiger partial charge is 0.329 e. The second kappa shape index (κ2) is 10.7. The first kappa shape index (κ1) is 23.9. The van der Waals surface area contributed by atoms with E-state index < -0.39 is 17.4 Å². The minimum absolute atomic E-state index is 0.158. The lowest BCUT2D eigenvalue weighted by Crippen LogP contribution is -2.54. The summed E-state index contributed by atoms with van der Waals surface area (Å²) in [6, 6.07) is 16.7. The van der Waals surface area contributed by atoms with Crippen LogP contribution in [0.25, 0.3) is 0 Å². The van der Waals surface area contributed by atoms with Gasteiger partial charge in [0.1, 0.15) is 11.2 Å². The van der Waals surface area contributed by atoms with Gasteiger partial charge < -0.3 is 15.0 Å². The average molecular weight is 472 g/mol. The zero-order chi connectivity index (χ0) is 23.1. The van der Waals surface area contributed by atoms with Crippen molar-refractivity contribution >= 4 is 35.2 Å². The van der Waals surface area contributed by atoms with Crippen molar-refractivity contribution in [3.63, 3.8) is 0 Å². The minimum Gasteiger partial charge on any atom is -0.480 e. The van der Waals surface area contributed by atoms with Crippen molar-refractivity contribution in [2.75, 3.05) is 5.75 Å². The van der Waals surface area contributed by atoms with Gasteiger partial charge in [0.05, 0.1) is 12.7 Å². The van der Waals surface area contributed by atoms with Crippen molar-refractivity contribution < 1.29 is 14.7 Å². The molecule has 3 aromatic rings. The number of hydrogen-bond donors (Lipinski definition) is 2. The van der Waals surface area contributed by atoms with Gasteiger partial charge in [-0.15, -0.1) is 0 Å². The first-order valence-corrected chi connectivity index (χ1v) is 11.7. The first-order valence-electron chi connectivity index (χ1n) is 10.4. The molecule has 1 aromatic heterocycles. The minimum atomic E-state index is -1.48. The Morgan fingerprint density at radius 3 is 2.50 bits per heavy atom. The predicted molar refractivity (Wildman–Crippen MR) is 127 cm³/mol. The Morgan fingerprint density at radius 2 is 1.84 bits per heavy atom. The van der Waals surface area contributed by atoms with Crippen molar-refractivity contribution in [1.82, 2.24) is 14.9 Å². The molecule has 0 saturated carbocycles. The summed E-state index contributed by atoms with van der Waals surface area (Å²) in [4.78, 5) is 29.8. The molecule has 2 N–H and O–H groups in total. The fraction of sp³-hybridized carbons (Fsp3) is 0.292. The number of aromatic nitrogens is 2. The van der Waals surface area contributed by atoms with Gasteiger partial charge in [-0.3, -0.25) is 4.79 Å². The predicted octanol–water partition coefficient (Wildman–Crippen LogP) is 4.90. The van der Waals surface area contributed by atoms with Crippen LogP contribution in [-0.2, 0) is 17.8 Å². The van der Waals surface area contributed by atoms with Gasteiger partial charge in [-0.05, 0) is 30.5 Å². The van der Waals surface area contributed by atoms with Crippen LogP contribution in [0, 0.1) is 0 Å². The van der Waals surface area contributed by atoms with Crippen LogP contribution in [0.1, 0.15) is 41.9 Å². The molecule has 1 atom stereocenters. The summed E-state index contributed by atoms with van der Waals surface area (Å²) in [5.41, 5.74) is 0.490.